The fourth-order valence-corrected chi connectivity index (χ4v) is 2.73. The quantitative estimate of drug-likeness (QED) is 0.840. The number of benzene rings is 1. The molecular weight excluding hydrogens is 329 g/mol. The number of ether oxygens (including phenoxy) is 3. The SMILES string of the molecule is COC(=O)c1cc(F)ccc1OC1CC(C)(NC(=O)OC(C)(C)C)C1. The zero-order chi connectivity index (χ0) is 18.8. The van der Waals surface area contributed by atoms with Crippen LogP contribution in [0.5, 0.6) is 5.75 Å². The van der Waals surface area contributed by atoms with Gasteiger partial charge in [-0.2, -0.15) is 0 Å². The van der Waals surface area contributed by atoms with Gasteiger partial charge in [0, 0.05) is 18.4 Å². The lowest BCUT2D eigenvalue weighted by molar-refractivity contribution is 0.00860. The Bertz CT molecular complexity index is 662. The molecule has 1 aromatic rings. The average Bonchev–Trinajstić information content (AvgIpc) is 2.44. The van der Waals surface area contributed by atoms with Crippen molar-refractivity contribution >= 4 is 12.1 Å². The first-order valence-corrected chi connectivity index (χ1v) is 8.07. The van der Waals surface area contributed by atoms with Gasteiger partial charge in [0.2, 0.25) is 0 Å². The maximum atomic E-state index is 13.4. The highest BCUT2D eigenvalue weighted by Gasteiger charge is 2.44. The van der Waals surface area contributed by atoms with Gasteiger partial charge in [-0.25, -0.2) is 14.0 Å². The van der Waals surface area contributed by atoms with Crippen LogP contribution in [0.15, 0.2) is 18.2 Å². The van der Waals surface area contributed by atoms with E-state index in [9.17, 15) is 14.0 Å². The summed E-state index contributed by atoms with van der Waals surface area (Å²) in [7, 11) is 1.22. The van der Waals surface area contributed by atoms with Gasteiger partial charge in [0.1, 0.15) is 28.8 Å². The van der Waals surface area contributed by atoms with Crippen LogP contribution in [-0.4, -0.2) is 36.4 Å². The molecule has 1 aliphatic carbocycles. The number of alkyl carbamates (subject to hydrolysis) is 1. The van der Waals surface area contributed by atoms with E-state index in [0.717, 1.165) is 6.07 Å². The Labute approximate surface area is 146 Å². The highest BCUT2D eigenvalue weighted by Crippen LogP contribution is 2.36. The van der Waals surface area contributed by atoms with Crippen LogP contribution in [0.1, 0.15) is 50.9 Å². The van der Waals surface area contributed by atoms with E-state index in [1.807, 2.05) is 6.92 Å². The predicted octanol–water partition coefficient (Wildman–Crippen LogP) is 3.44. The van der Waals surface area contributed by atoms with Crippen molar-refractivity contribution in [3.8, 4) is 5.75 Å². The molecule has 1 N–H and O–H groups in total. The highest BCUT2D eigenvalue weighted by atomic mass is 19.1. The monoisotopic (exact) mass is 353 g/mol. The largest absolute Gasteiger partial charge is 0.489 e. The third-order valence-corrected chi connectivity index (χ3v) is 3.80. The van der Waals surface area contributed by atoms with Gasteiger partial charge in [0.25, 0.3) is 0 Å². The van der Waals surface area contributed by atoms with Crippen molar-refractivity contribution in [2.75, 3.05) is 7.11 Å². The van der Waals surface area contributed by atoms with Gasteiger partial charge < -0.3 is 19.5 Å². The van der Waals surface area contributed by atoms with Crippen LogP contribution in [0.3, 0.4) is 0 Å². The summed E-state index contributed by atoms with van der Waals surface area (Å²) < 4.78 is 29.0. The molecule has 1 amide bonds. The Morgan fingerprint density at radius 1 is 1.28 bits per heavy atom. The Morgan fingerprint density at radius 3 is 2.48 bits per heavy atom. The minimum absolute atomic E-state index is 0.0382. The molecule has 6 nitrogen and oxygen atoms in total. The first kappa shape index (κ1) is 19.0. The Kier molecular flexibility index (Phi) is 5.25. The highest BCUT2D eigenvalue weighted by molar-refractivity contribution is 5.92. The molecule has 0 unspecified atom stereocenters. The van der Waals surface area contributed by atoms with Crippen molar-refractivity contribution in [2.24, 2.45) is 0 Å². The van der Waals surface area contributed by atoms with Crippen LogP contribution in [0, 0.1) is 5.82 Å². The lowest BCUT2D eigenvalue weighted by atomic mass is 9.76. The minimum atomic E-state index is -0.663. The van der Waals surface area contributed by atoms with Crippen molar-refractivity contribution in [1.82, 2.24) is 5.32 Å². The number of hydrogen-bond donors (Lipinski definition) is 1. The molecule has 1 aromatic carbocycles. The summed E-state index contributed by atoms with van der Waals surface area (Å²) in [6.07, 6.45) is 0.411. The summed E-state index contributed by atoms with van der Waals surface area (Å²) in [4.78, 5) is 23.6. The fourth-order valence-electron chi connectivity index (χ4n) is 2.73. The van der Waals surface area contributed by atoms with Gasteiger partial charge in [0.15, 0.2) is 0 Å². The average molecular weight is 353 g/mol. The third kappa shape index (κ3) is 5.08. The molecule has 0 aliphatic heterocycles. The van der Waals surface area contributed by atoms with Crippen LogP contribution in [0.25, 0.3) is 0 Å². The standard InChI is InChI=1S/C18H24FNO5/c1-17(2,3)25-16(22)20-18(4)9-12(10-18)24-14-7-6-11(19)8-13(14)15(21)23-5/h6-8,12H,9-10H2,1-5H3,(H,20,22). The number of carbonyl (C=O) groups excluding carboxylic acids is 2. The first-order chi connectivity index (χ1) is 11.5. The summed E-state index contributed by atoms with van der Waals surface area (Å²) in [5.74, 6) is -0.946. The van der Waals surface area contributed by atoms with E-state index in [2.05, 4.69) is 10.1 Å². The number of halogens is 1. The zero-order valence-electron chi connectivity index (χ0n) is 15.1. The molecule has 7 heteroatoms. The van der Waals surface area contributed by atoms with E-state index < -0.39 is 29.0 Å². The summed E-state index contributed by atoms with van der Waals surface area (Å²) in [6.45, 7) is 7.28. The Morgan fingerprint density at radius 2 is 1.92 bits per heavy atom. The second-order valence-electron chi connectivity index (χ2n) is 7.47. The van der Waals surface area contributed by atoms with Crippen LogP contribution in [0.4, 0.5) is 9.18 Å². The van der Waals surface area contributed by atoms with Crippen molar-refractivity contribution in [3.63, 3.8) is 0 Å². The molecule has 1 aliphatic rings. The van der Waals surface area contributed by atoms with E-state index in [4.69, 9.17) is 9.47 Å². The molecule has 0 radical (unpaired) electrons. The topological polar surface area (TPSA) is 73.9 Å². The van der Waals surface area contributed by atoms with Crippen LogP contribution in [0.2, 0.25) is 0 Å². The number of rotatable bonds is 4. The van der Waals surface area contributed by atoms with Gasteiger partial charge in [-0.3, -0.25) is 0 Å². The lowest BCUT2D eigenvalue weighted by Crippen LogP contribution is -2.59. The summed E-state index contributed by atoms with van der Waals surface area (Å²) in [5, 5.41) is 2.83. The van der Waals surface area contributed by atoms with Crippen molar-refractivity contribution in [2.45, 2.75) is 57.8 Å². The Balaban J connectivity index is 1.95. The van der Waals surface area contributed by atoms with Gasteiger partial charge in [-0.1, -0.05) is 0 Å². The maximum absolute atomic E-state index is 13.4. The number of carbonyl (C=O) groups is 2. The van der Waals surface area contributed by atoms with Crippen LogP contribution >= 0.6 is 0 Å². The lowest BCUT2D eigenvalue weighted by Gasteiger charge is -2.45. The molecule has 0 heterocycles. The van der Waals surface area contributed by atoms with E-state index >= 15 is 0 Å². The second kappa shape index (κ2) is 6.90. The fraction of sp³-hybridized carbons (Fsp3) is 0.556. The molecule has 0 aromatic heterocycles. The number of hydrogen-bond acceptors (Lipinski definition) is 5. The number of methoxy groups -OCH3 is 1. The molecule has 1 fully saturated rings. The molecule has 0 spiro atoms. The summed E-state index contributed by atoms with van der Waals surface area (Å²) >= 11 is 0. The third-order valence-electron chi connectivity index (χ3n) is 3.80. The molecule has 2 rings (SSSR count). The van der Waals surface area contributed by atoms with Crippen LogP contribution < -0.4 is 10.1 Å². The van der Waals surface area contributed by atoms with Gasteiger partial charge in [0.05, 0.1) is 7.11 Å². The molecule has 25 heavy (non-hydrogen) atoms. The minimum Gasteiger partial charge on any atom is -0.489 e. The maximum Gasteiger partial charge on any atom is 0.408 e. The zero-order valence-corrected chi connectivity index (χ0v) is 15.1. The van der Waals surface area contributed by atoms with E-state index in [1.54, 1.807) is 20.8 Å². The summed E-state index contributed by atoms with van der Waals surface area (Å²) in [6, 6.07) is 3.70. The van der Waals surface area contributed by atoms with E-state index in [-0.39, 0.29) is 17.4 Å². The number of amides is 1. The molecule has 0 bridgehead atoms. The van der Waals surface area contributed by atoms with Crippen molar-refractivity contribution in [3.05, 3.63) is 29.6 Å². The number of esters is 1. The van der Waals surface area contributed by atoms with E-state index in [1.165, 1.54) is 19.2 Å². The van der Waals surface area contributed by atoms with Crippen molar-refractivity contribution < 1.29 is 28.2 Å². The Hall–Kier alpha value is -2.31. The normalized spacial score (nSPS) is 22.6. The summed E-state index contributed by atoms with van der Waals surface area (Å²) in [5.41, 5.74) is -0.974. The number of nitrogens with one attached hydrogen (secondary N) is 1. The molecule has 1 saturated carbocycles. The van der Waals surface area contributed by atoms with E-state index in [0.29, 0.717) is 12.8 Å². The predicted molar refractivity (Wildman–Crippen MR) is 89.2 cm³/mol. The van der Waals surface area contributed by atoms with Gasteiger partial charge in [-0.05, 0) is 45.9 Å². The second-order valence-corrected chi connectivity index (χ2v) is 7.47. The first-order valence-electron chi connectivity index (χ1n) is 8.07. The molecule has 138 valence electrons. The molecular formula is C18H24FNO5. The molecule has 0 atom stereocenters. The van der Waals surface area contributed by atoms with Crippen LogP contribution in [-0.2, 0) is 9.47 Å². The van der Waals surface area contributed by atoms with Gasteiger partial charge >= 0.3 is 12.1 Å². The smallest absolute Gasteiger partial charge is 0.408 e. The van der Waals surface area contributed by atoms with Crippen molar-refractivity contribution in [1.29, 1.82) is 0 Å². The molecule has 0 saturated heterocycles. The van der Waals surface area contributed by atoms with Gasteiger partial charge in [-0.15, -0.1) is 0 Å².